The smallest absolute Gasteiger partial charge is 0.228 e. The first-order valence-electron chi connectivity index (χ1n) is 12.7. The highest BCUT2D eigenvalue weighted by molar-refractivity contribution is 5.84. The van der Waals surface area contributed by atoms with Crippen molar-refractivity contribution in [2.24, 2.45) is 5.92 Å². The number of piperidine rings is 1. The van der Waals surface area contributed by atoms with Gasteiger partial charge in [-0.1, -0.05) is 49.4 Å². The molecule has 1 amide bonds. The Morgan fingerprint density at radius 3 is 2.60 bits per heavy atom. The minimum Gasteiger partial charge on any atom is -0.493 e. The number of para-hydroxylation sites is 1. The molecule has 4 rings (SSSR count). The Morgan fingerprint density at radius 2 is 1.91 bits per heavy atom. The van der Waals surface area contributed by atoms with Crippen molar-refractivity contribution in [1.29, 1.82) is 0 Å². The van der Waals surface area contributed by atoms with E-state index in [4.69, 9.17) is 9.47 Å². The number of nitrogens with one attached hydrogen (secondary N) is 1. The Labute approximate surface area is 209 Å². The van der Waals surface area contributed by atoms with Gasteiger partial charge in [0.1, 0.15) is 5.78 Å². The molecular formula is C29H38N2O4. The number of methoxy groups -OCH3 is 1. The highest BCUT2D eigenvalue weighted by Crippen LogP contribution is 2.45. The molecule has 4 atom stereocenters. The summed E-state index contributed by atoms with van der Waals surface area (Å²) in [7, 11) is 1.64. The molecule has 0 spiro atoms. The van der Waals surface area contributed by atoms with Crippen molar-refractivity contribution in [3.8, 4) is 11.5 Å². The first-order chi connectivity index (χ1) is 16.9. The van der Waals surface area contributed by atoms with Crippen LogP contribution in [0.15, 0.2) is 48.5 Å². The average molecular weight is 479 g/mol. The van der Waals surface area contributed by atoms with Gasteiger partial charge in [-0.2, -0.15) is 0 Å². The third kappa shape index (κ3) is 5.08. The Morgan fingerprint density at radius 1 is 1.14 bits per heavy atom. The minimum atomic E-state index is -0.451. The Hall–Kier alpha value is -2.86. The third-order valence-electron chi connectivity index (χ3n) is 7.80. The van der Waals surface area contributed by atoms with E-state index < -0.39 is 5.41 Å². The summed E-state index contributed by atoms with van der Waals surface area (Å²) >= 11 is 0. The van der Waals surface area contributed by atoms with Gasteiger partial charge >= 0.3 is 0 Å². The molecule has 6 heteroatoms. The number of carbonyl (C=O) groups is 2. The van der Waals surface area contributed by atoms with Crippen molar-refractivity contribution in [3.05, 3.63) is 59.7 Å². The molecule has 2 aromatic carbocycles. The number of ketones is 1. The molecule has 0 aliphatic carbocycles. The summed E-state index contributed by atoms with van der Waals surface area (Å²) in [6.45, 7) is 8.18. The molecule has 0 aromatic heterocycles. The highest BCUT2D eigenvalue weighted by atomic mass is 16.5. The predicted octanol–water partition coefficient (Wildman–Crippen LogP) is 4.32. The van der Waals surface area contributed by atoms with E-state index in [-0.39, 0.29) is 23.7 Å². The van der Waals surface area contributed by atoms with E-state index in [0.29, 0.717) is 50.1 Å². The first-order valence-corrected chi connectivity index (χ1v) is 12.7. The summed E-state index contributed by atoms with van der Waals surface area (Å²) in [5.41, 5.74) is 1.83. The summed E-state index contributed by atoms with van der Waals surface area (Å²) in [4.78, 5) is 28.3. The molecular weight excluding hydrogens is 440 g/mol. The molecule has 2 aliphatic rings. The van der Waals surface area contributed by atoms with Gasteiger partial charge in [0.05, 0.1) is 19.6 Å². The summed E-state index contributed by atoms with van der Waals surface area (Å²) in [6, 6.07) is 16.3. The van der Waals surface area contributed by atoms with Gasteiger partial charge in [-0.15, -0.1) is 0 Å². The van der Waals surface area contributed by atoms with Crippen molar-refractivity contribution in [1.82, 2.24) is 10.2 Å². The number of hydrogen-bond donors (Lipinski definition) is 1. The lowest BCUT2D eigenvalue weighted by molar-refractivity contribution is -0.141. The van der Waals surface area contributed by atoms with E-state index in [1.54, 1.807) is 14.0 Å². The summed E-state index contributed by atoms with van der Waals surface area (Å²) < 4.78 is 11.6. The van der Waals surface area contributed by atoms with Crippen LogP contribution in [0.25, 0.3) is 0 Å². The molecule has 0 radical (unpaired) electrons. The van der Waals surface area contributed by atoms with Crippen LogP contribution in [-0.4, -0.2) is 56.0 Å². The van der Waals surface area contributed by atoms with Gasteiger partial charge in [0, 0.05) is 43.1 Å². The topological polar surface area (TPSA) is 67.9 Å². The molecule has 2 fully saturated rings. The Kier molecular flexibility index (Phi) is 7.80. The van der Waals surface area contributed by atoms with Crippen molar-refractivity contribution < 1.29 is 19.1 Å². The lowest BCUT2D eigenvalue weighted by Crippen LogP contribution is -2.52. The molecule has 6 nitrogen and oxygen atoms in total. The number of ether oxygens (including phenoxy) is 2. The van der Waals surface area contributed by atoms with Crippen molar-refractivity contribution in [2.75, 3.05) is 33.4 Å². The van der Waals surface area contributed by atoms with Crippen LogP contribution in [0, 0.1) is 5.92 Å². The number of benzene rings is 2. The maximum Gasteiger partial charge on any atom is 0.228 e. The van der Waals surface area contributed by atoms with Crippen molar-refractivity contribution >= 4 is 11.7 Å². The van der Waals surface area contributed by atoms with E-state index in [1.807, 2.05) is 30.0 Å². The fourth-order valence-corrected chi connectivity index (χ4v) is 5.98. The maximum absolute atomic E-state index is 14.2. The van der Waals surface area contributed by atoms with Crippen molar-refractivity contribution in [2.45, 2.75) is 57.4 Å². The van der Waals surface area contributed by atoms with Crippen LogP contribution in [0.3, 0.4) is 0 Å². The zero-order chi connectivity index (χ0) is 25.0. The second-order valence-electron chi connectivity index (χ2n) is 10.1. The second kappa shape index (κ2) is 10.8. The fraction of sp³-hybridized carbons (Fsp3) is 0.517. The minimum absolute atomic E-state index is 0.0829. The zero-order valence-corrected chi connectivity index (χ0v) is 21.4. The Balaban J connectivity index is 1.63. The second-order valence-corrected chi connectivity index (χ2v) is 10.1. The molecule has 0 bridgehead atoms. The standard InChI is InChI=1S/C29H38N2O4/c1-5-35-27-24(12-9-13-26(27)34-4)29(3)19-30-18-25(29)28(33)31-15-14-22(17-23(31)16-20(2)32)21-10-7-6-8-11-21/h6-13,22-23,25,30H,5,14-19H2,1-4H3. The van der Waals surface area contributed by atoms with E-state index in [2.05, 4.69) is 42.6 Å². The van der Waals surface area contributed by atoms with Crippen molar-refractivity contribution in [3.63, 3.8) is 0 Å². The summed E-state index contributed by atoms with van der Waals surface area (Å²) in [5.74, 6) is 1.75. The van der Waals surface area contributed by atoms with Gasteiger partial charge in [0.25, 0.3) is 0 Å². The number of amides is 1. The molecule has 2 aromatic rings. The van der Waals surface area contributed by atoms with Gasteiger partial charge in [0.15, 0.2) is 11.5 Å². The zero-order valence-electron chi connectivity index (χ0n) is 21.4. The molecule has 2 heterocycles. The van der Waals surface area contributed by atoms with Gasteiger partial charge in [-0.25, -0.2) is 0 Å². The number of carbonyl (C=O) groups excluding carboxylic acids is 2. The molecule has 2 aliphatic heterocycles. The average Bonchev–Trinajstić information content (AvgIpc) is 3.26. The monoisotopic (exact) mass is 478 g/mol. The van der Waals surface area contributed by atoms with Gasteiger partial charge in [-0.3, -0.25) is 9.59 Å². The van der Waals surface area contributed by atoms with Crippen LogP contribution in [-0.2, 0) is 15.0 Å². The maximum atomic E-state index is 14.2. The van der Waals surface area contributed by atoms with Gasteiger partial charge in [-0.05, 0) is 44.2 Å². The Bertz CT molecular complexity index is 1040. The number of nitrogens with zero attached hydrogens (tertiary/aromatic N) is 1. The van der Waals surface area contributed by atoms with Crippen LogP contribution in [0.4, 0.5) is 0 Å². The van der Waals surface area contributed by atoms with E-state index in [9.17, 15) is 9.59 Å². The summed E-state index contributed by atoms with van der Waals surface area (Å²) in [5, 5.41) is 3.47. The predicted molar refractivity (Wildman–Crippen MR) is 137 cm³/mol. The lowest BCUT2D eigenvalue weighted by Gasteiger charge is -2.43. The number of Topliss-reactive ketones (excluding diaryl/α,β-unsaturated/α-hetero) is 1. The number of hydrogen-bond acceptors (Lipinski definition) is 5. The molecule has 4 unspecified atom stereocenters. The van der Waals surface area contributed by atoms with Crippen LogP contribution < -0.4 is 14.8 Å². The normalized spacial score (nSPS) is 26.4. The molecule has 188 valence electrons. The SMILES string of the molecule is CCOc1c(OC)cccc1C1(C)CNCC1C(=O)N1CCC(c2ccccc2)CC1CC(C)=O. The quantitative estimate of drug-likeness (QED) is 0.612. The van der Waals surface area contributed by atoms with Crippen LogP contribution in [0.5, 0.6) is 11.5 Å². The van der Waals surface area contributed by atoms with E-state index >= 15 is 0 Å². The number of likely N-dealkylation sites (tertiary alicyclic amines) is 1. The molecule has 0 saturated carbocycles. The van der Waals surface area contributed by atoms with Gasteiger partial charge in [0.2, 0.25) is 5.91 Å². The van der Waals surface area contributed by atoms with Crippen LogP contribution >= 0.6 is 0 Å². The lowest BCUT2D eigenvalue weighted by atomic mass is 9.72. The van der Waals surface area contributed by atoms with Gasteiger partial charge < -0.3 is 19.7 Å². The largest absolute Gasteiger partial charge is 0.493 e. The highest BCUT2D eigenvalue weighted by Gasteiger charge is 2.49. The fourth-order valence-electron chi connectivity index (χ4n) is 5.98. The van der Waals surface area contributed by atoms with Crippen LogP contribution in [0.2, 0.25) is 0 Å². The van der Waals surface area contributed by atoms with E-state index in [0.717, 1.165) is 18.4 Å². The van der Waals surface area contributed by atoms with Crippen LogP contribution in [0.1, 0.15) is 57.1 Å². The first kappa shape index (κ1) is 25.2. The third-order valence-corrected chi connectivity index (χ3v) is 7.80. The molecule has 2 saturated heterocycles. The van der Waals surface area contributed by atoms with E-state index in [1.165, 1.54) is 5.56 Å². The molecule has 1 N–H and O–H groups in total. The summed E-state index contributed by atoms with van der Waals surface area (Å²) in [6.07, 6.45) is 2.12. The number of rotatable bonds is 8. The molecule has 35 heavy (non-hydrogen) atoms.